The lowest BCUT2D eigenvalue weighted by molar-refractivity contribution is -0.137. The Labute approximate surface area is 119 Å². The van der Waals surface area contributed by atoms with E-state index >= 15 is 0 Å². The number of anilines is 1. The van der Waals surface area contributed by atoms with Crippen LogP contribution in [0.4, 0.5) is 19.0 Å². The first-order valence-corrected chi connectivity index (χ1v) is 6.64. The van der Waals surface area contributed by atoms with E-state index in [0.717, 1.165) is 20.9 Å². The van der Waals surface area contributed by atoms with Crippen LogP contribution < -0.4 is 5.43 Å². The molecule has 0 unspecified atom stereocenters. The zero-order valence-corrected chi connectivity index (χ0v) is 11.7. The maximum atomic E-state index is 12.3. The zero-order valence-electron chi connectivity index (χ0n) is 9.28. The van der Waals surface area contributed by atoms with Gasteiger partial charge in [0.2, 0.25) is 0 Å². The van der Waals surface area contributed by atoms with Gasteiger partial charge in [0.25, 0.3) is 0 Å². The fourth-order valence-electron chi connectivity index (χ4n) is 1.19. The average molecular weight is 350 g/mol. The van der Waals surface area contributed by atoms with Crippen molar-refractivity contribution in [2.75, 3.05) is 5.43 Å². The van der Waals surface area contributed by atoms with Gasteiger partial charge in [0.05, 0.1) is 15.6 Å². The number of pyridine rings is 1. The van der Waals surface area contributed by atoms with Gasteiger partial charge >= 0.3 is 6.18 Å². The van der Waals surface area contributed by atoms with E-state index < -0.39 is 11.7 Å². The minimum atomic E-state index is -4.38. The van der Waals surface area contributed by atoms with Crippen molar-refractivity contribution >= 4 is 39.3 Å². The van der Waals surface area contributed by atoms with Crippen molar-refractivity contribution in [1.29, 1.82) is 0 Å². The van der Waals surface area contributed by atoms with Crippen LogP contribution >= 0.6 is 27.3 Å². The number of halogens is 4. The van der Waals surface area contributed by atoms with Gasteiger partial charge in [-0.25, -0.2) is 4.98 Å². The fraction of sp³-hybridized carbons (Fsp3) is 0.0909. The normalized spacial score (nSPS) is 12.0. The van der Waals surface area contributed by atoms with E-state index in [-0.39, 0.29) is 5.82 Å². The molecular formula is C11H7BrF3N3S. The van der Waals surface area contributed by atoms with Crippen LogP contribution in [0, 0.1) is 0 Å². The first-order valence-electron chi connectivity index (χ1n) is 5.03. The quantitative estimate of drug-likeness (QED) is 0.659. The summed E-state index contributed by atoms with van der Waals surface area (Å²) in [5.74, 6) is 0.250. The third-order valence-electron chi connectivity index (χ3n) is 2.06. The van der Waals surface area contributed by atoms with Gasteiger partial charge in [-0.1, -0.05) is 0 Å². The van der Waals surface area contributed by atoms with Crippen LogP contribution in [0.15, 0.2) is 39.4 Å². The second-order valence-corrected chi connectivity index (χ2v) is 5.94. The van der Waals surface area contributed by atoms with Crippen molar-refractivity contribution < 1.29 is 13.2 Å². The van der Waals surface area contributed by atoms with Crippen LogP contribution in [0.2, 0.25) is 0 Å². The smallest absolute Gasteiger partial charge is 0.261 e. The molecule has 0 spiro atoms. The van der Waals surface area contributed by atoms with Gasteiger partial charge < -0.3 is 0 Å². The van der Waals surface area contributed by atoms with Gasteiger partial charge in [-0.2, -0.15) is 18.3 Å². The van der Waals surface area contributed by atoms with Crippen molar-refractivity contribution in [1.82, 2.24) is 4.98 Å². The summed E-state index contributed by atoms with van der Waals surface area (Å²) in [5, 5.41) is 3.89. The number of rotatable bonds is 3. The highest BCUT2D eigenvalue weighted by Gasteiger charge is 2.30. The molecule has 2 heterocycles. The summed E-state index contributed by atoms with van der Waals surface area (Å²) in [4.78, 5) is 4.54. The second kappa shape index (κ2) is 5.70. The van der Waals surface area contributed by atoms with Crippen LogP contribution in [0.5, 0.6) is 0 Å². The molecule has 0 radical (unpaired) electrons. The standard InChI is InChI=1S/C11H7BrF3N3S/c12-9-3-2-8(19-9)6-17-18-10-4-1-7(5-16-10)11(13,14)15/h1-6H,(H,16,18)/b17-6-. The van der Waals surface area contributed by atoms with Crippen LogP contribution in [0.1, 0.15) is 10.4 Å². The van der Waals surface area contributed by atoms with E-state index in [4.69, 9.17) is 0 Å². The van der Waals surface area contributed by atoms with Crippen LogP contribution in [-0.2, 0) is 6.18 Å². The Morgan fingerprint density at radius 3 is 2.58 bits per heavy atom. The first-order chi connectivity index (χ1) is 8.95. The Kier molecular flexibility index (Phi) is 4.20. The number of nitrogens with one attached hydrogen (secondary N) is 1. The SMILES string of the molecule is FC(F)(F)c1ccc(N/N=C\c2ccc(Br)s2)nc1. The Morgan fingerprint density at radius 1 is 1.26 bits per heavy atom. The molecule has 0 aliphatic rings. The van der Waals surface area contributed by atoms with E-state index in [2.05, 4.69) is 31.4 Å². The zero-order chi connectivity index (χ0) is 13.9. The Hall–Kier alpha value is -1.41. The molecule has 2 aromatic heterocycles. The predicted molar refractivity (Wildman–Crippen MR) is 72.5 cm³/mol. The van der Waals surface area contributed by atoms with E-state index in [9.17, 15) is 13.2 Å². The monoisotopic (exact) mass is 349 g/mol. The molecule has 1 N–H and O–H groups in total. The summed E-state index contributed by atoms with van der Waals surface area (Å²) < 4.78 is 37.9. The first kappa shape index (κ1) is 14.0. The molecule has 0 aliphatic heterocycles. The van der Waals surface area contributed by atoms with Crippen molar-refractivity contribution in [3.05, 3.63) is 44.7 Å². The molecule has 0 bridgehead atoms. The minimum Gasteiger partial charge on any atom is -0.261 e. The lowest BCUT2D eigenvalue weighted by atomic mass is 10.3. The van der Waals surface area contributed by atoms with E-state index in [1.807, 2.05) is 12.1 Å². The summed E-state index contributed by atoms with van der Waals surface area (Å²) in [6, 6.07) is 5.92. The van der Waals surface area contributed by atoms with E-state index in [0.29, 0.717) is 0 Å². The highest BCUT2D eigenvalue weighted by atomic mass is 79.9. The van der Waals surface area contributed by atoms with E-state index in [1.54, 1.807) is 6.21 Å². The van der Waals surface area contributed by atoms with Crippen molar-refractivity contribution in [2.24, 2.45) is 5.10 Å². The number of alkyl halides is 3. The molecule has 0 aliphatic carbocycles. The number of thiophene rings is 1. The Morgan fingerprint density at radius 2 is 2.05 bits per heavy atom. The lowest BCUT2D eigenvalue weighted by Crippen LogP contribution is -2.05. The number of nitrogens with zero attached hydrogens (tertiary/aromatic N) is 2. The molecule has 0 saturated heterocycles. The molecule has 3 nitrogen and oxygen atoms in total. The summed E-state index contributed by atoms with van der Waals surface area (Å²) >= 11 is 4.80. The van der Waals surface area contributed by atoms with Gasteiger partial charge in [0.1, 0.15) is 5.82 Å². The highest BCUT2D eigenvalue weighted by molar-refractivity contribution is 9.11. The lowest BCUT2D eigenvalue weighted by Gasteiger charge is -2.06. The molecule has 2 aromatic rings. The minimum absolute atomic E-state index is 0.250. The molecule has 0 atom stereocenters. The largest absolute Gasteiger partial charge is 0.417 e. The number of hydrogen-bond donors (Lipinski definition) is 1. The molecular weight excluding hydrogens is 343 g/mol. The third-order valence-corrected chi connectivity index (χ3v) is 3.61. The fourth-order valence-corrected chi connectivity index (χ4v) is 2.48. The topological polar surface area (TPSA) is 37.3 Å². The van der Waals surface area contributed by atoms with Crippen LogP contribution in [0.25, 0.3) is 0 Å². The van der Waals surface area contributed by atoms with Gasteiger partial charge in [0, 0.05) is 11.1 Å². The number of aromatic nitrogens is 1. The highest BCUT2D eigenvalue weighted by Crippen LogP contribution is 2.28. The van der Waals surface area contributed by atoms with Gasteiger partial charge in [-0.15, -0.1) is 11.3 Å². The van der Waals surface area contributed by atoms with Crippen LogP contribution in [0.3, 0.4) is 0 Å². The summed E-state index contributed by atoms with van der Waals surface area (Å²) in [5.41, 5.74) is 1.78. The molecule has 8 heteroatoms. The third kappa shape index (κ3) is 4.03. The molecule has 0 aromatic carbocycles. The molecule has 2 rings (SSSR count). The maximum absolute atomic E-state index is 12.3. The summed E-state index contributed by atoms with van der Waals surface area (Å²) in [7, 11) is 0. The molecule has 0 amide bonds. The second-order valence-electron chi connectivity index (χ2n) is 3.44. The van der Waals surface area contributed by atoms with Crippen LogP contribution in [-0.4, -0.2) is 11.2 Å². The summed E-state index contributed by atoms with van der Waals surface area (Å²) in [6.45, 7) is 0. The Bertz CT molecular complexity index is 578. The average Bonchev–Trinajstić information content (AvgIpc) is 2.75. The van der Waals surface area contributed by atoms with Gasteiger partial charge in [0.15, 0.2) is 0 Å². The maximum Gasteiger partial charge on any atom is 0.417 e. The molecule has 0 saturated carbocycles. The van der Waals surface area contributed by atoms with Crippen molar-refractivity contribution in [3.63, 3.8) is 0 Å². The summed E-state index contributed by atoms with van der Waals surface area (Å²) in [6.07, 6.45) is -2.05. The van der Waals surface area contributed by atoms with Gasteiger partial charge in [-0.05, 0) is 40.2 Å². The molecule has 100 valence electrons. The predicted octanol–water partition coefficient (Wildman–Crippen LogP) is 4.37. The molecule has 19 heavy (non-hydrogen) atoms. The molecule has 0 fully saturated rings. The van der Waals surface area contributed by atoms with Crippen molar-refractivity contribution in [3.8, 4) is 0 Å². The number of hydrogen-bond acceptors (Lipinski definition) is 4. The van der Waals surface area contributed by atoms with Gasteiger partial charge in [-0.3, -0.25) is 5.43 Å². The Balaban J connectivity index is 1.98. The van der Waals surface area contributed by atoms with Crippen molar-refractivity contribution in [2.45, 2.75) is 6.18 Å². The number of hydrazone groups is 1. The van der Waals surface area contributed by atoms with E-state index in [1.165, 1.54) is 17.4 Å².